The zero-order valence-corrected chi connectivity index (χ0v) is 9.90. The second kappa shape index (κ2) is 9.15. The molecule has 0 aromatic carbocycles. The summed E-state index contributed by atoms with van der Waals surface area (Å²) in [6.45, 7) is 0. The van der Waals surface area contributed by atoms with Crippen LogP contribution in [0.1, 0.15) is 38.5 Å². The standard InChI is InChI=1S/C11H20O5/c1-15-10(13)8-6-4-3-5-7-9(12)11(14)16-2/h9,12H,3-8H2,1-2H3/t9-/m0/s1. The van der Waals surface area contributed by atoms with E-state index in [0.717, 1.165) is 25.7 Å². The van der Waals surface area contributed by atoms with E-state index in [2.05, 4.69) is 9.47 Å². The first-order valence-electron chi connectivity index (χ1n) is 5.44. The topological polar surface area (TPSA) is 72.8 Å². The number of rotatable bonds is 8. The van der Waals surface area contributed by atoms with Crippen LogP contribution in [-0.4, -0.2) is 37.4 Å². The van der Waals surface area contributed by atoms with Crippen molar-refractivity contribution < 1.29 is 24.2 Å². The second-order valence-corrected chi connectivity index (χ2v) is 3.57. The third kappa shape index (κ3) is 7.23. The maximum Gasteiger partial charge on any atom is 0.334 e. The van der Waals surface area contributed by atoms with Gasteiger partial charge in [-0.1, -0.05) is 19.3 Å². The van der Waals surface area contributed by atoms with Gasteiger partial charge in [-0.15, -0.1) is 0 Å². The van der Waals surface area contributed by atoms with Crippen molar-refractivity contribution in [2.45, 2.75) is 44.6 Å². The quantitative estimate of drug-likeness (QED) is 0.500. The van der Waals surface area contributed by atoms with E-state index < -0.39 is 12.1 Å². The number of hydrogen-bond donors (Lipinski definition) is 1. The van der Waals surface area contributed by atoms with E-state index in [1.807, 2.05) is 0 Å². The number of ether oxygens (including phenoxy) is 2. The summed E-state index contributed by atoms with van der Waals surface area (Å²) in [5, 5.41) is 9.25. The molecular weight excluding hydrogens is 212 g/mol. The van der Waals surface area contributed by atoms with E-state index >= 15 is 0 Å². The number of methoxy groups -OCH3 is 2. The Bertz CT molecular complexity index is 214. The van der Waals surface area contributed by atoms with E-state index in [1.54, 1.807) is 0 Å². The first-order chi connectivity index (χ1) is 7.61. The molecule has 0 bridgehead atoms. The number of unbranched alkanes of at least 4 members (excludes halogenated alkanes) is 3. The highest BCUT2D eigenvalue weighted by Crippen LogP contribution is 2.08. The molecule has 0 unspecified atom stereocenters. The van der Waals surface area contributed by atoms with Crippen molar-refractivity contribution in [2.24, 2.45) is 0 Å². The minimum Gasteiger partial charge on any atom is -0.469 e. The number of carbonyl (C=O) groups is 2. The third-order valence-corrected chi connectivity index (χ3v) is 2.31. The van der Waals surface area contributed by atoms with E-state index in [1.165, 1.54) is 14.2 Å². The molecule has 0 aliphatic carbocycles. The number of aliphatic hydroxyl groups is 1. The smallest absolute Gasteiger partial charge is 0.334 e. The van der Waals surface area contributed by atoms with Crippen molar-refractivity contribution in [3.05, 3.63) is 0 Å². The summed E-state index contributed by atoms with van der Waals surface area (Å²) >= 11 is 0. The van der Waals surface area contributed by atoms with Gasteiger partial charge in [-0.3, -0.25) is 4.79 Å². The molecule has 16 heavy (non-hydrogen) atoms. The molecule has 0 fully saturated rings. The van der Waals surface area contributed by atoms with Gasteiger partial charge in [-0.25, -0.2) is 4.79 Å². The van der Waals surface area contributed by atoms with Gasteiger partial charge in [0.1, 0.15) is 0 Å². The van der Waals surface area contributed by atoms with Gasteiger partial charge in [0.15, 0.2) is 6.10 Å². The summed E-state index contributed by atoms with van der Waals surface area (Å²) in [4.78, 5) is 21.6. The number of hydrogen-bond acceptors (Lipinski definition) is 5. The zero-order chi connectivity index (χ0) is 12.4. The Morgan fingerprint density at radius 2 is 1.69 bits per heavy atom. The lowest BCUT2D eigenvalue weighted by Gasteiger charge is -2.07. The van der Waals surface area contributed by atoms with Crippen LogP contribution in [0.3, 0.4) is 0 Å². The van der Waals surface area contributed by atoms with Crippen LogP contribution in [0.4, 0.5) is 0 Å². The molecule has 1 atom stereocenters. The Balaban J connectivity index is 3.33. The summed E-state index contributed by atoms with van der Waals surface area (Å²) in [5.41, 5.74) is 0. The van der Waals surface area contributed by atoms with Crippen LogP contribution < -0.4 is 0 Å². The third-order valence-electron chi connectivity index (χ3n) is 2.31. The minimum absolute atomic E-state index is 0.199. The van der Waals surface area contributed by atoms with Crippen molar-refractivity contribution in [1.29, 1.82) is 0 Å². The Labute approximate surface area is 95.7 Å². The molecule has 0 saturated carbocycles. The SMILES string of the molecule is COC(=O)CCCCCC[C@H](O)C(=O)OC. The van der Waals surface area contributed by atoms with Crippen LogP contribution in [0.25, 0.3) is 0 Å². The summed E-state index contributed by atoms with van der Waals surface area (Å²) < 4.78 is 8.89. The summed E-state index contributed by atoms with van der Waals surface area (Å²) in [6, 6.07) is 0. The van der Waals surface area contributed by atoms with Crippen molar-refractivity contribution in [2.75, 3.05) is 14.2 Å². The lowest BCUT2D eigenvalue weighted by atomic mass is 10.1. The van der Waals surface area contributed by atoms with E-state index in [-0.39, 0.29) is 5.97 Å². The van der Waals surface area contributed by atoms with Crippen LogP contribution in [0.2, 0.25) is 0 Å². The highest BCUT2D eigenvalue weighted by atomic mass is 16.5. The molecule has 1 N–H and O–H groups in total. The van der Waals surface area contributed by atoms with Gasteiger partial charge in [0, 0.05) is 6.42 Å². The highest BCUT2D eigenvalue weighted by molar-refractivity contribution is 5.74. The van der Waals surface area contributed by atoms with Gasteiger partial charge >= 0.3 is 11.9 Å². The zero-order valence-electron chi connectivity index (χ0n) is 9.90. The molecule has 0 saturated heterocycles. The Morgan fingerprint density at radius 1 is 1.06 bits per heavy atom. The van der Waals surface area contributed by atoms with Crippen molar-refractivity contribution in [3.8, 4) is 0 Å². The molecule has 0 aliphatic heterocycles. The van der Waals surface area contributed by atoms with Crippen LogP contribution >= 0.6 is 0 Å². The van der Waals surface area contributed by atoms with Gasteiger partial charge in [-0.05, 0) is 12.8 Å². The molecular formula is C11H20O5. The van der Waals surface area contributed by atoms with Gasteiger partial charge in [0.25, 0.3) is 0 Å². The monoisotopic (exact) mass is 232 g/mol. The maximum atomic E-state index is 10.8. The van der Waals surface area contributed by atoms with Gasteiger partial charge in [-0.2, -0.15) is 0 Å². The Hall–Kier alpha value is -1.10. The molecule has 5 heteroatoms. The molecule has 0 amide bonds. The summed E-state index contributed by atoms with van der Waals surface area (Å²) in [7, 11) is 2.62. The summed E-state index contributed by atoms with van der Waals surface area (Å²) in [6.07, 6.45) is 3.11. The van der Waals surface area contributed by atoms with Crippen LogP contribution in [0.15, 0.2) is 0 Å². The fourth-order valence-electron chi connectivity index (χ4n) is 1.32. The predicted molar refractivity (Wildman–Crippen MR) is 57.7 cm³/mol. The average molecular weight is 232 g/mol. The summed E-state index contributed by atoms with van der Waals surface area (Å²) in [5.74, 6) is -0.788. The van der Waals surface area contributed by atoms with Crippen LogP contribution in [0, 0.1) is 0 Å². The fourth-order valence-corrected chi connectivity index (χ4v) is 1.32. The second-order valence-electron chi connectivity index (χ2n) is 3.57. The Kier molecular flexibility index (Phi) is 8.52. The van der Waals surface area contributed by atoms with Gasteiger partial charge in [0.05, 0.1) is 14.2 Å². The molecule has 0 aromatic rings. The van der Waals surface area contributed by atoms with E-state index in [9.17, 15) is 14.7 Å². The lowest BCUT2D eigenvalue weighted by Crippen LogP contribution is -2.21. The van der Waals surface area contributed by atoms with Crippen molar-refractivity contribution >= 4 is 11.9 Å². The predicted octanol–water partition coefficient (Wildman–Crippen LogP) is 1.03. The van der Waals surface area contributed by atoms with Crippen LogP contribution in [-0.2, 0) is 19.1 Å². The molecule has 0 aliphatic rings. The highest BCUT2D eigenvalue weighted by Gasteiger charge is 2.13. The number of esters is 2. The lowest BCUT2D eigenvalue weighted by molar-refractivity contribution is -0.150. The largest absolute Gasteiger partial charge is 0.469 e. The van der Waals surface area contributed by atoms with Crippen molar-refractivity contribution in [1.82, 2.24) is 0 Å². The molecule has 0 aromatic heterocycles. The maximum absolute atomic E-state index is 10.8. The first kappa shape index (κ1) is 14.9. The Morgan fingerprint density at radius 3 is 2.25 bits per heavy atom. The van der Waals surface area contributed by atoms with Gasteiger partial charge < -0.3 is 14.6 Å². The van der Waals surface area contributed by atoms with Crippen LogP contribution in [0.5, 0.6) is 0 Å². The fraction of sp³-hybridized carbons (Fsp3) is 0.818. The first-order valence-corrected chi connectivity index (χ1v) is 5.44. The molecule has 0 spiro atoms. The molecule has 5 nitrogen and oxygen atoms in total. The molecule has 0 rings (SSSR count). The average Bonchev–Trinajstić information content (AvgIpc) is 2.31. The molecule has 94 valence electrons. The number of aliphatic hydroxyl groups excluding tert-OH is 1. The molecule has 0 radical (unpaired) electrons. The van der Waals surface area contributed by atoms with Crippen molar-refractivity contribution in [3.63, 3.8) is 0 Å². The minimum atomic E-state index is -1.02. The number of carbonyl (C=O) groups excluding carboxylic acids is 2. The van der Waals surface area contributed by atoms with E-state index in [4.69, 9.17) is 0 Å². The normalized spacial score (nSPS) is 11.9. The van der Waals surface area contributed by atoms with Gasteiger partial charge in [0.2, 0.25) is 0 Å². The van der Waals surface area contributed by atoms with E-state index in [0.29, 0.717) is 12.8 Å². The molecule has 0 heterocycles.